The lowest BCUT2D eigenvalue weighted by Gasteiger charge is -2.16. The summed E-state index contributed by atoms with van der Waals surface area (Å²) in [4.78, 5) is 8.04. The third-order valence-electron chi connectivity index (χ3n) is 3.99. The molecular weight excluding hydrogens is 272 g/mol. The highest BCUT2D eigenvalue weighted by Gasteiger charge is 2.27. The van der Waals surface area contributed by atoms with Crippen LogP contribution < -0.4 is 0 Å². The second kappa shape index (κ2) is 5.68. The van der Waals surface area contributed by atoms with E-state index < -0.39 is 0 Å². The fourth-order valence-corrected chi connectivity index (χ4v) is 3.34. The van der Waals surface area contributed by atoms with E-state index in [0.717, 1.165) is 48.3 Å². The third-order valence-corrected chi connectivity index (χ3v) is 4.85. The van der Waals surface area contributed by atoms with E-state index in [4.69, 9.17) is 4.42 Å². The number of aliphatic hydroxyl groups is 1. The molecule has 0 aromatic carbocycles. The molecule has 1 fully saturated rings. The van der Waals surface area contributed by atoms with E-state index in [-0.39, 0.29) is 6.10 Å². The van der Waals surface area contributed by atoms with Crippen LogP contribution >= 0.6 is 11.3 Å². The van der Waals surface area contributed by atoms with E-state index in [1.54, 1.807) is 11.3 Å². The number of likely N-dealkylation sites (tertiary alicyclic amines) is 1. The minimum Gasteiger partial charge on any atom is -0.440 e. The standard InChI is InChI=1S/C15H20N2O2S/c1-10(18)12-5-6-17(8-12)9-13-11(2)19-15(16-13)14-4-3-7-20-14/h3-4,7,10,12,18H,5-6,8-9H2,1-2H3. The van der Waals surface area contributed by atoms with Gasteiger partial charge < -0.3 is 9.52 Å². The van der Waals surface area contributed by atoms with Gasteiger partial charge >= 0.3 is 0 Å². The molecule has 20 heavy (non-hydrogen) atoms. The van der Waals surface area contributed by atoms with Crippen molar-refractivity contribution in [1.29, 1.82) is 0 Å². The minimum atomic E-state index is -0.222. The molecule has 0 aliphatic carbocycles. The Morgan fingerprint density at radius 3 is 3.10 bits per heavy atom. The molecule has 1 saturated heterocycles. The van der Waals surface area contributed by atoms with Gasteiger partial charge in [0.25, 0.3) is 0 Å². The summed E-state index contributed by atoms with van der Waals surface area (Å²) in [5, 5.41) is 11.7. The number of nitrogens with zero attached hydrogens (tertiary/aromatic N) is 2. The van der Waals surface area contributed by atoms with E-state index in [9.17, 15) is 5.11 Å². The van der Waals surface area contributed by atoms with Gasteiger partial charge in [-0.3, -0.25) is 4.90 Å². The molecule has 0 bridgehead atoms. The number of oxazole rings is 1. The summed E-state index contributed by atoms with van der Waals surface area (Å²) >= 11 is 1.64. The number of rotatable bonds is 4. The smallest absolute Gasteiger partial charge is 0.236 e. The zero-order chi connectivity index (χ0) is 14.1. The summed E-state index contributed by atoms with van der Waals surface area (Å²) < 4.78 is 5.77. The van der Waals surface area contributed by atoms with Crippen LogP contribution in [0.1, 0.15) is 24.8 Å². The minimum absolute atomic E-state index is 0.222. The van der Waals surface area contributed by atoms with Crippen LogP contribution in [0.2, 0.25) is 0 Å². The van der Waals surface area contributed by atoms with E-state index in [1.807, 2.05) is 31.4 Å². The van der Waals surface area contributed by atoms with Gasteiger partial charge in [0.15, 0.2) is 0 Å². The van der Waals surface area contributed by atoms with Crippen molar-refractivity contribution in [1.82, 2.24) is 9.88 Å². The van der Waals surface area contributed by atoms with E-state index in [0.29, 0.717) is 5.92 Å². The highest BCUT2D eigenvalue weighted by molar-refractivity contribution is 7.13. The molecule has 0 spiro atoms. The topological polar surface area (TPSA) is 49.5 Å². The third kappa shape index (κ3) is 2.80. The summed E-state index contributed by atoms with van der Waals surface area (Å²) in [5.41, 5.74) is 1.01. The molecule has 0 amide bonds. The van der Waals surface area contributed by atoms with Gasteiger partial charge in [-0.15, -0.1) is 11.3 Å². The zero-order valence-corrected chi connectivity index (χ0v) is 12.7. The van der Waals surface area contributed by atoms with Crippen molar-refractivity contribution < 1.29 is 9.52 Å². The first kappa shape index (κ1) is 13.8. The SMILES string of the molecule is Cc1oc(-c2cccs2)nc1CN1CCC(C(C)O)C1. The molecule has 1 aliphatic rings. The van der Waals surface area contributed by atoms with Crippen LogP contribution in [0.25, 0.3) is 10.8 Å². The average molecular weight is 292 g/mol. The largest absolute Gasteiger partial charge is 0.440 e. The Morgan fingerprint density at radius 2 is 2.45 bits per heavy atom. The predicted octanol–water partition coefficient (Wildman–Crippen LogP) is 2.91. The molecule has 5 heteroatoms. The van der Waals surface area contributed by atoms with Gasteiger partial charge in [0, 0.05) is 13.1 Å². The Labute approximate surface area is 123 Å². The Morgan fingerprint density at radius 1 is 1.60 bits per heavy atom. The van der Waals surface area contributed by atoms with Gasteiger partial charge in [0.1, 0.15) is 5.76 Å². The van der Waals surface area contributed by atoms with Gasteiger partial charge in [-0.25, -0.2) is 4.98 Å². The lowest BCUT2D eigenvalue weighted by Crippen LogP contribution is -2.24. The monoisotopic (exact) mass is 292 g/mol. The van der Waals surface area contributed by atoms with Crippen molar-refractivity contribution in [3.05, 3.63) is 29.0 Å². The van der Waals surface area contributed by atoms with Crippen LogP contribution in [0.15, 0.2) is 21.9 Å². The number of aromatic nitrogens is 1. The van der Waals surface area contributed by atoms with Crippen LogP contribution in [0.5, 0.6) is 0 Å². The summed E-state index contributed by atoms with van der Waals surface area (Å²) in [6, 6.07) is 4.03. The van der Waals surface area contributed by atoms with Crippen molar-refractivity contribution in [3.63, 3.8) is 0 Å². The molecule has 0 radical (unpaired) electrons. The summed E-state index contributed by atoms with van der Waals surface area (Å²) in [7, 11) is 0. The first-order valence-corrected chi connectivity index (χ1v) is 7.92. The molecule has 0 saturated carbocycles. The van der Waals surface area contributed by atoms with Crippen LogP contribution in [0.3, 0.4) is 0 Å². The molecule has 4 nitrogen and oxygen atoms in total. The molecule has 2 aromatic rings. The molecular formula is C15H20N2O2S. The molecule has 3 rings (SSSR count). The quantitative estimate of drug-likeness (QED) is 0.941. The Bertz CT molecular complexity index is 562. The molecule has 2 unspecified atom stereocenters. The normalized spacial score (nSPS) is 21.4. The lowest BCUT2D eigenvalue weighted by molar-refractivity contribution is 0.127. The van der Waals surface area contributed by atoms with Crippen LogP contribution in [-0.4, -0.2) is 34.2 Å². The number of hydrogen-bond acceptors (Lipinski definition) is 5. The molecule has 2 atom stereocenters. The maximum atomic E-state index is 9.66. The second-order valence-corrected chi connectivity index (χ2v) is 6.47. The predicted molar refractivity (Wildman–Crippen MR) is 79.6 cm³/mol. The maximum Gasteiger partial charge on any atom is 0.236 e. The van der Waals surface area contributed by atoms with Crippen molar-refractivity contribution in [3.8, 4) is 10.8 Å². The van der Waals surface area contributed by atoms with Crippen LogP contribution in [-0.2, 0) is 6.54 Å². The van der Waals surface area contributed by atoms with Crippen LogP contribution in [0.4, 0.5) is 0 Å². The van der Waals surface area contributed by atoms with Crippen LogP contribution in [0, 0.1) is 12.8 Å². The highest BCUT2D eigenvalue weighted by Crippen LogP contribution is 2.27. The lowest BCUT2D eigenvalue weighted by atomic mass is 10.0. The van der Waals surface area contributed by atoms with Gasteiger partial charge in [0.05, 0.1) is 16.7 Å². The molecule has 1 N–H and O–H groups in total. The average Bonchev–Trinajstić information content (AvgIpc) is 3.11. The van der Waals surface area contributed by atoms with Gasteiger partial charge in [0.2, 0.25) is 5.89 Å². The number of thiophene rings is 1. The number of aliphatic hydroxyl groups excluding tert-OH is 1. The molecule has 108 valence electrons. The fraction of sp³-hybridized carbons (Fsp3) is 0.533. The van der Waals surface area contributed by atoms with E-state index >= 15 is 0 Å². The van der Waals surface area contributed by atoms with Gasteiger partial charge in [-0.2, -0.15) is 0 Å². The highest BCUT2D eigenvalue weighted by atomic mass is 32.1. The zero-order valence-electron chi connectivity index (χ0n) is 11.9. The molecule has 2 aromatic heterocycles. The second-order valence-electron chi connectivity index (χ2n) is 5.52. The van der Waals surface area contributed by atoms with Crippen molar-refractivity contribution in [2.75, 3.05) is 13.1 Å². The summed E-state index contributed by atoms with van der Waals surface area (Å²) in [5.74, 6) is 2.01. The first-order chi connectivity index (χ1) is 9.63. The van der Waals surface area contributed by atoms with Gasteiger partial charge in [-0.05, 0) is 44.2 Å². The first-order valence-electron chi connectivity index (χ1n) is 7.04. The van der Waals surface area contributed by atoms with Gasteiger partial charge in [-0.1, -0.05) is 6.07 Å². The number of hydrogen-bond donors (Lipinski definition) is 1. The summed E-state index contributed by atoms with van der Waals surface area (Å²) in [6.07, 6.45) is 0.840. The number of aryl methyl sites for hydroxylation is 1. The Balaban J connectivity index is 1.69. The van der Waals surface area contributed by atoms with Crippen molar-refractivity contribution in [2.45, 2.75) is 32.9 Å². The van der Waals surface area contributed by atoms with E-state index in [1.165, 1.54) is 0 Å². The molecule has 1 aliphatic heterocycles. The maximum absolute atomic E-state index is 9.66. The van der Waals surface area contributed by atoms with Crippen molar-refractivity contribution in [2.24, 2.45) is 5.92 Å². The Kier molecular flexibility index (Phi) is 3.92. The Hall–Kier alpha value is -1.17. The van der Waals surface area contributed by atoms with Crippen molar-refractivity contribution >= 4 is 11.3 Å². The van der Waals surface area contributed by atoms with E-state index in [2.05, 4.69) is 9.88 Å². The molecule has 3 heterocycles. The fourth-order valence-electron chi connectivity index (χ4n) is 2.69. The summed E-state index contributed by atoms with van der Waals surface area (Å²) in [6.45, 7) is 6.63.